The van der Waals surface area contributed by atoms with Gasteiger partial charge in [0.25, 0.3) is 0 Å². The highest BCUT2D eigenvalue weighted by Crippen LogP contribution is 2.21. The van der Waals surface area contributed by atoms with Crippen LogP contribution in [0, 0.1) is 0 Å². The average molecular weight is 144 g/mol. The van der Waals surface area contributed by atoms with Crippen molar-refractivity contribution in [3.63, 3.8) is 0 Å². The lowest BCUT2D eigenvalue weighted by Crippen LogP contribution is -1.97. The van der Waals surface area contributed by atoms with Crippen LogP contribution in [0.1, 0.15) is 18.4 Å². The Balaban J connectivity index is 2.07. The molecule has 0 heterocycles. The third-order valence-corrected chi connectivity index (χ3v) is 2.17. The second-order valence-electron chi connectivity index (χ2n) is 3.06. The van der Waals surface area contributed by atoms with Gasteiger partial charge < -0.3 is 0 Å². The van der Waals surface area contributed by atoms with Crippen molar-refractivity contribution in [1.82, 2.24) is 0 Å². The first-order valence-corrected chi connectivity index (χ1v) is 4.17. The Morgan fingerprint density at radius 1 is 1.09 bits per heavy atom. The zero-order chi connectivity index (χ0) is 7.52. The molecule has 1 aromatic carbocycles. The van der Waals surface area contributed by atoms with E-state index in [1.165, 1.54) is 24.8 Å². The second kappa shape index (κ2) is 2.91. The number of hydrogen-bond acceptors (Lipinski definition) is 0. The highest BCUT2D eigenvalue weighted by atomic mass is 14.1. The first kappa shape index (κ1) is 6.66. The van der Waals surface area contributed by atoms with Crippen LogP contribution in [0.4, 0.5) is 0 Å². The van der Waals surface area contributed by atoms with Gasteiger partial charge in [0.15, 0.2) is 0 Å². The number of allylic oxidation sites excluding steroid dienone is 2. The van der Waals surface area contributed by atoms with Gasteiger partial charge in [-0.2, -0.15) is 0 Å². The fourth-order valence-electron chi connectivity index (χ4n) is 1.37. The second-order valence-corrected chi connectivity index (χ2v) is 3.06. The van der Waals surface area contributed by atoms with Crippen LogP contribution in [0.25, 0.3) is 0 Å². The van der Waals surface area contributed by atoms with Gasteiger partial charge in [-0.1, -0.05) is 42.0 Å². The van der Waals surface area contributed by atoms with Gasteiger partial charge >= 0.3 is 0 Å². The summed E-state index contributed by atoms with van der Waals surface area (Å²) in [5.74, 6) is 0. The highest BCUT2D eigenvalue weighted by Gasteiger charge is 2.04. The van der Waals surface area contributed by atoms with Crippen LogP contribution in [0.2, 0.25) is 0 Å². The average Bonchev–Trinajstić information content (AvgIpc) is 1.99. The molecule has 0 unspecified atom stereocenters. The minimum absolute atomic E-state index is 1.17. The van der Waals surface area contributed by atoms with E-state index in [1.54, 1.807) is 5.57 Å². The van der Waals surface area contributed by atoms with Crippen molar-refractivity contribution in [1.29, 1.82) is 0 Å². The van der Waals surface area contributed by atoms with Gasteiger partial charge in [0.05, 0.1) is 0 Å². The zero-order valence-electron chi connectivity index (χ0n) is 6.59. The van der Waals surface area contributed by atoms with Gasteiger partial charge in [0, 0.05) is 0 Å². The van der Waals surface area contributed by atoms with E-state index in [2.05, 4.69) is 36.4 Å². The highest BCUT2D eigenvalue weighted by molar-refractivity contribution is 5.24. The molecule has 0 nitrogen and oxygen atoms in total. The summed E-state index contributed by atoms with van der Waals surface area (Å²) in [4.78, 5) is 0. The quantitative estimate of drug-likeness (QED) is 0.560. The largest absolute Gasteiger partial charge is 0.0847 e. The van der Waals surface area contributed by atoms with E-state index in [4.69, 9.17) is 0 Å². The van der Waals surface area contributed by atoms with E-state index in [-0.39, 0.29) is 0 Å². The van der Waals surface area contributed by atoms with Crippen molar-refractivity contribution in [3.8, 4) is 0 Å². The molecule has 2 rings (SSSR count). The molecule has 1 aromatic rings. The van der Waals surface area contributed by atoms with E-state index in [1.807, 2.05) is 0 Å². The van der Waals surface area contributed by atoms with E-state index in [0.717, 1.165) is 0 Å². The molecule has 1 aliphatic rings. The maximum absolute atomic E-state index is 2.34. The monoisotopic (exact) mass is 144 g/mol. The van der Waals surface area contributed by atoms with Crippen molar-refractivity contribution in [3.05, 3.63) is 47.5 Å². The molecule has 0 saturated heterocycles. The van der Waals surface area contributed by atoms with Gasteiger partial charge in [-0.05, 0) is 24.8 Å². The minimum Gasteiger partial charge on any atom is -0.0847 e. The molecule has 0 fully saturated rings. The Bertz CT molecular complexity index is 257. The topological polar surface area (TPSA) is 0 Å². The summed E-state index contributed by atoms with van der Waals surface area (Å²) in [6.07, 6.45) is 6.12. The Morgan fingerprint density at radius 3 is 2.36 bits per heavy atom. The molecule has 0 amide bonds. The molecular weight excluding hydrogens is 132 g/mol. The van der Waals surface area contributed by atoms with E-state index < -0.39 is 0 Å². The van der Waals surface area contributed by atoms with Crippen molar-refractivity contribution in [2.24, 2.45) is 0 Å². The van der Waals surface area contributed by atoms with Crippen LogP contribution >= 0.6 is 0 Å². The third kappa shape index (κ3) is 1.51. The van der Waals surface area contributed by atoms with E-state index in [9.17, 15) is 0 Å². The minimum atomic E-state index is 1.17. The van der Waals surface area contributed by atoms with Crippen LogP contribution in [0.5, 0.6) is 0 Å². The number of hydrogen-bond donors (Lipinski definition) is 0. The summed E-state index contributed by atoms with van der Waals surface area (Å²) in [5.41, 5.74) is 3.05. The molecule has 0 bridgehead atoms. The molecule has 0 spiro atoms. The zero-order valence-corrected chi connectivity index (χ0v) is 6.59. The summed E-state index contributed by atoms with van der Waals surface area (Å²) in [5, 5.41) is 0. The molecule has 56 valence electrons. The molecule has 0 aliphatic heterocycles. The lowest BCUT2D eigenvalue weighted by Gasteiger charge is -2.13. The van der Waals surface area contributed by atoms with Crippen molar-refractivity contribution in [2.45, 2.75) is 19.3 Å². The summed E-state index contributed by atoms with van der Waals surface area (Å²) in [6.45, 7) is 0. The molecule has 0 radical (unpaired) electrons. The van der Waals surface area contributed by atoms with Crippen LogP contribution in [0.3, 0.4) is 0 Å². The van der Waals surface area contributed by atoms with Gasteiger partial charge in [0.2, 0.25) is 0 Å². The lowest BCUT2D eigenvalue weighted by atomic mass is 9.93. The molecule has 11 heavy (non-hydrogen) atoms. The first-order valence-electron chi connectivity index (χ1n) is 4.17. The van der Waals surface area contributed by atoms with Gasteiger partial charge in [-0.15, -0.1) is 0 Å². The predicted octanol–water partition coefficient (Wildman–Crippen LogP) is 2.95. The molecule has 1 aliphatic carbocycles. The number of rotatable bonds is 2. The van der Waals surface area contributed by atoms with Crippen LogP contribution in [-0.2, 0) is 6.42 Å². The van der Waals surface area contributed by atoms with Crippen LogP contribution < -0.4 is 0 Å². The summed E-state index contributed by atoms with van der Waals surface area (Å²) in [6, 6.07) is 10.7. The maximum Gasteiger partial charge on any atom is -0.00670 e. The van der Waals surface area contributed by atoms with Crippen molar-refractivity contribution >= 4 is 0 Å². The van der Waals surface area contributed by atoms with E-state index >= 15 is 0 Å². The van der Waals surface area contributed by atoms with Crippen molar-refractivity contribution < 1.29 is 0 Å². The molecule has 0 heteroatoms. The Kier molecular flexibility index (Phi) is 1.76. The van der Waals surface area contributed by atoms with Crippen molar-refractivity contribution in [2.75, 3.05) is 0 Å². The molecule has 0 aromatic heterocycles. The summed E-state index contributed by atoms with van der Waals surface area (Å²) < 4.78 is 0. The Labute approximate surface area is 67.6 Å². The smallest absolute Gasteiger partial charge is 0.00670 e. The SMILES string of the molecule is C1=C(Cc2ccccc2)CC1. The Morgan fingerprint density at radius 2 is 1.82 bits per heavy atom. The first-order chi connectivity index (χ1) is 5.45. The third-order valence-electron chi connectivity index (χ3n) is 2.17. The van der Waals surface area contributed by atoms with E-state index in [0.29, 0.717) is 0 Å². The predicted molar refractivity (Wildman–Crippen MR) is 47.5 cm³/mol. The standard InChI is InChI=1S/C11H12/c1-2-5-10(6-3-1)9-11-7-4-8-11/h1-3,5-7H,4,8-9H2. The fourth-order valence-corrected chi connectivity index (χ4v) is 1.37. The number of benzene rings is 1. The summed E-state index contributed by atoms with van der Waals surface area (Å²) in [7, 11) is 0. The lowest BCUT2D eigenvalue weighted by molar-refractivity contribution is 0.830. The van der Waals surface area contributed by atoms with Crippen LogP contribution in [0.15, 0.2) is 42.0 Å². The molecule has 0 atom stereocenters. The molecule has 0 N–H and O–H groups in total. The Hall–Kier alpha value is -1.04. The molecule has 0 saturated carbocycles. The normalized spacial score (nSPS) is 15.5. The summed E-state index contributed by atoms with van der Waals surface area (Å²) >= 11 is 0. The fraction of sp³-hybridized carbons (Fsp3) is 0.273. The maximum atomic E-state index is 2.34. The van der Waals surface area contributed by atoms with Gasteiger partial charge in [-0.25, -0.2) is 0 Å². The molecular formula is C11H12. The van der Waals surface area contributed by atoms with Gasteiger partial charge in [-0.3, -0.25) is 0 Å². The van der Waals surface area contributed by atoms with Crippen LogP contribution in [-0.4, -0.2) is 0 Å². The van der Waals surface area contributed by atoms with Gasteiger partial charge in [0.1, 0.15) is 0 Å².